The maximum absolute atomic E-state index is 11.4. The van der Waals surface area contributed by atoms with E-state index in [1.807, 2.05) is 6.92 Å². The van der Waals surface area contributed by atoms with Gasteiger partial charge in [-0.15, -0.1) is 0 Å². The summed E-state index contributed by atoms with van der Waals surface area (Å²) in [6.45, 7) is 19.0. The Balaban J connectivity index is 1.90. The Kier molecular flexibility index (Phi) is 10.5. The topological polar surface area (TPSA) is 87.6 Å². The number of benzene rings is 1. The summed E-state index contributed by atoms with van der Waals surface area (Å²) in [5.41, 5.74) is 2.98. The maximum Gasteiger partial charge on any atom is 0.303 e. The highest BCUT2D eigenvalue weighted by Crippen LogP contribution is 2.41. The molecule has 2 N–H and O–H groups in total. The van der Waals surface area contributed by atoms with Crippen LogP contribution in [0, 0.1) is 5.92 Å². The monoisotopic (exact) mass is 574 g/mol. The van der Waals surface area contributed by atoms with Gasteiger partial charge in [0.15, 0.2) is 8.32 Å². The molecule has 0 aliphatic heterocycles. The third-order valence-corrected chi connectivity index (χ3v) is 12.9. The van der Waals surface area contributed by atoms with Crippen LogP contribution in [0.15, 0.2) is 30.6 Å². The Hall–Kier alpha value is -2.16. The van der Waals surface area contributed by atoms with E-state index < -0.39 is 14.3 Å². The molecule has 0 saturated heterocycles. The van der Waals surface area contributed by atoms with Crippen LogP contribution in [0.25, 0.3) is 0 Å². The van der Waals surface area contributed by atoms with Gasteiger partial charge >= 0.3 is 5.97 Å². The lowest BCUT2D eigenvalue weighted by Gasteiger charge is -2.44. The zero-order valence-electron chi connectivity index (χ0n) is 24.9. The van der Waals surface area contributed by atoms with E-state index in [0.717, 1.165) is 49.2 Å². The lowest BCUT2D eigenvalue weighted by molar-refractivity contribution is -0.137. The Morgan fingerprint density at radius 1 is 1.15 bits per heavy atom. The van der Waals surface area contributed by atoms with Crippen LogP contribution in [0.2, 0.25) is 23.3 Å². The molecule has 1 heterocycles. The molecule has 1 fully saturated rings. The summed E-state index contributed by atoms with van der Waals surface area (Å²) in [7, 11) is -1.80. The lowest BCUT2D eigenvalue weighted by Crippen LogP contribution is -2.47. The number of nitrogens with one attached hydrogen (secondary N) is 1. The number of aliphatic carboxylic acids is 1. The number of carboxylic acid groups (broad SMARTS) is 1. The van der Waals surface area contributed by atoms with Gasteiger partial charge in [0.2, 0.25) is 0 Å². The van der Waals surface area contributed by atoms with Crippen molar-refractivity contribution in [3.8, 4) is 0 Å². The van der Waals surface area contributed by atoms with Gasteiger partial charge in [-0.3, -0.25) is 4.79 Å². The first kappa shape index (κ1) is 31.4. The molecule has 0 bridgehead atoms. The number of nitrogens with zero attached hydrogens (tertiary/aromatic N) is 3. The van der Waals surface area contributed by atoms with Crippen molar-refractivity contribution in [2.24, 2.45) is 5.92 Å². The normalized spacial score (nSPS) is 19.1. The molecule has 0 amide bonds. The zero-order chi connectivity index (χ0) is 29.0. The summed E-state index contributed by atoms with van der Waals surface area (Å²) < 4.78 is 6.78. The van der Waals surface area contributed by atoms with E-state index >= 15 is 0 Å². The second-order valence-electron chi connectivity index (χ2n) is 13.0. The number of rotatable bonds is 11. The molecule has 2 aromatic rings. The van der Waals surface area contributed by atoms with Gasteiger partial charge in [-0.2, -0.15) is 0 Å². The summed E-state index contributed by atoms with van der Waals surface area (Å²) in [6.07, 6.45) is 7.81. The fourth-order valence-electron chi connectivity index (χ4n) is 5.01. The summed E-state index contributed by atoms with van der Waals surface area (Å²) in [5.74, 6) is 0.150. The highest BCUT2D eigenvalue weighted by atomic mass is 35.5. The van der Waals surface area contributed by atoms with Crippen LogP contribution < -0.4 is 10.2 Å². The van der Waals surface area contributed by atoms with Crippen LogP contribution in [0.5, 0.6) is 0 Å². The first-order chi connectivity index (χ1) is 18.2. The van der Waals surface area contributed by atoms with Gasteiger partial charge in [-0.05, 0) is 73.3 Å². The van der Waals surface area contributed by atoms with Crippen LogP contribution in [0.3, 0.4) is 0 Å². The van der Waals surface area contributed by atoms with Gasteiger partial charge < -0.3 is 19.7 Å². The van der Waals surface area contributed by atoms with Crippen molar-refractivity contribution >= 4 is 43.1 Å². The molecule has 0 spiro atoms. The van der Waals surface area contributed by atoms with Crippen molar-refractivity contribution in [2.45, 2.75) is 110 Å². The second kappa shape index (κ2) is 13.0. The van der Waals surface area contributed by atoms with Crippen molar-refractivity contribution in [2.75, 3.05) is 16.8 Å². The molecule has 1 saturated carbocycles. The third kappa shape index (κ3) is 8.66. The number of hydrogen-bond acceptors (Lipinski definition) is 6. The maximum atomic E-state index is 11.4. The average molecular weight is 575 g/mol. The van der Waals surface area contributed by atoms with Crippen LogP contribution in [-0.4, -0.2) is 48.1 Å². The van der Waals surface area contributed by atoms with E-state index in [9.17, 15) is 9.90 Å². The number of carbonyl (C=O) groups is 1. The standard InChI is InChI=1S/C30H47ClN4O3Si/c1-20(2)19-35(23-10-12-24(13-11-23)38-39(7,8)30(4,5)6)26-14-9-22(21(3)15-29(36)37)16-25(26)34-28-18-32-27(31)17-33-28/h9,14,16-18,20-21,23-24H,10-13,15,19H2,1-8H3,(H,33,34)(H,36,37)/t21?,23-,24-. The molecule has 216 valence electrons. The predicted molar refractivity (Wildman–Crippen MR) is 164 cm³/mol. The van der Waals surface area contributed by atoms with Gasteiger partial charge in [0.1, 0.15) is 11.0 Å². The van der Waals surface area contributed by atoms with Crippen molar-refractivity contribution in [1.29, 1.82) is 0 Å². The molecular weight excluding hydrogens is 528 g/mol. The Morgan fingerprint density at radius 2 is 1.82 bits per heavy atom. The van der Waals surface area contributed by atoms with Crippen molar-refractivity contribution in [1.82, 2.24) is 9.97 Å². The predicted octanol–water partition coefficient (Wildman–Crippen LogP) is 8.25. The van der Waals surface area contributed by atoms with Gasteiger partial charge in [0, 0.05) is 18.7 Å². The van der Waals surface area contributed by atoms with E-state index in [2.05, 4.69) is 86.1 Å². The van der Waals surface area contributed by atoms with Crippen LogP contribution in [0.4, 0.5) is 17.2 Å². The van der Waals surface area contributed by atoms with Crippen LogP contribution in [-0.2, 0) is 9.22 Å². The first-order valence-corrected chi connectivity index (χ1v) is 17.5. The van der Waals surface area contributed by atoms with E-state index in [0.29, 0.717) is 29.0 Å². The summed E-state index contributed by atoms with van der Waals surface area (Å²) >= 11 is 5.97. The molecule has 1 unspecified atom stereocenters. The molecule has 1 aromatic heterocycles. The summed E-state index contributed by atoms with van der Waals surface area (Å²) in [4.78, 5) is 22.5. The quantitative estimate of drug-likeness (QED) is 0.261. The highest BCUT2D eigenvalue weighted by molar-refractivity contribution is 6.74. The molecule has 1 aromatic carbocycles. The summed E-state index contributed by atoms with van der Waals surface area (Å²) in [6, 6.07) is 6.67. The van der Waals surface area contributed by atoms with E-state index in [-0.39, 0.29) is 17.4 Å². The highest BCUT2D eigenvalue weighted by Gasteiger charge is 2.40. The fourth-order valence-corrected chi connectivity index (χ4v) is 6.53. The Labute approximate surface area is 240 Å². The van der Waals surface area contributed by atoms with Gasteiger partial charge in [0.25, 0.3) is 0 Å². The van der Waals surface area contributed by atoms with E-state index in [1.165, 1.54) is 6.20 Å². The molecule has 1 aliphatic rings. The minimum absolute atomic E-state index is 0.0769. The van der Waals surface area contributed by atoms with E-state index in [1.54, 1.807) is 6.20 Å². The molecule has 0 radical (unpaired) electrons. The first-order valence-electron chi connectivity index (χ1n) is 14.2. The Morgan fingerprint density at radius 3 is 2.36 bits per heavy atom. The number of aromatic nitrogens is 2. The molecule has 3 rings (SSSR count). The largest absolute Gasteiger partial charge is 0.481 e. The molecule has 39 heavy (non-hydrogen) atoms. The van der Waals surface area contributed by atoms with Gasteiger partial charge in [-0.1, -0.05) is 59.2 Å². The Bertz CT molecular complexity index is 1100. The molecule has 7 nitrogen and oxygen atoms in total. The molecule has 9 heteroatoms. The number of halogens is 1. The molecular formula is C30H47ClN4O3Si. The summed E-state index contributed by atoms with van der Waals surface area (Å²) in [5, 5.41) is 13.4. The third-order valence-electron chi connectivity index (χ3n) is 8.18. The SMILES string of the molecule is CC(C)CN(c1ccc(C(C)CC(=O)O)cc1Nc1cnc(Cl)cn1)[C@H]1CC[C@H](O[Si](C)(C)C(C)(C)C)CC1. The van der Waals surface area contributed by atoms with Crippen LogP contribution in [0.1, 0.15) is 85.1 Å². The minimum atomic E-state index is -1.80. The van der Waals surface area contributed by atoms with Crippen LogP contribution >= 0.6 is 11.6 Å². The fraction of sp³-hybridized carbons (Fsp3) is 0.633. The van der Waals surface area contributed by atoms with Crippen molar-refractivity contribution in [3.05, 3.63) is 41.3 Å². The number of anilines is 3. The average Bonchev–Trinajstić information content (AvgIpc) is 2.83. The smallest absolute Gasteiger partial charge is 0.303 e. The second-order valence-corrected chi connectivity index (χ2v) is 18.1. The lowest BCUT2D eigenvalue weighted by atomic mass is 9.90. The molecule has 1 atom stereocenters. The van der Waals surface area contributed by atoms with Crippen molar-refractivity contribution < 1.29 is 14.3 Å². The number of carboxylic acids is 1. The zero-order valence-corrected chi connectivity index (χ0v) is 26.7. The number of hydrogen-bond donors (Lipinski definition) is 2. The van der Waals surface area contributed by atoms with E-state index in [4.69, 9.17) is 16.0 Å². The van der Waals surface area contributed by atoms with Crippen molar-refractivity contribution in [3.63, 3.8) is 0 Å². The molecule has 1 aliphatic carbocycles. The minimum Gasteiger partial charge on any atom is -0.481 e. The van der Waals surface area contributed by atoms with Gasteiger partial charge in [-0.25, -0.2) is 9.97 Å². The van der Waals surface area contributed by atoms with Gasteiger partial charge in [0.05, 0.1) is 30.2 Å².